The molecule has 42 heavy (non-hydrogen) atoms. The quantitative estimate of drug-likeness (QED) is 0.123. The third-order valence-electron chi connectivity index (χ3n) is 5.44. The fourth-order valence-electron chi connectivity index (χ4n) is 3.56. The number of aliphatic carboxylic acids is 1. The first-order valence-corrected chi connectivity index (χ1v) is 13.1. The van der Waals surface area contributed by atoms with Gasteiger partial charge in [-0.05, 0) is 54.1 Å². The lowest BCUT2D eigenvalue weighted by atomic mass is 10.0. The summed E-state index contributed by atoms with van der Waals surface area (Å²) in [7, 11) is -4.07. The summed E-state index contributed by atoms with van der Waals surface area (Å²) in [5.74, 6) is -3.89. The van der Waals surface area contributed by atoms with Crippen molar-refractivity contribution in [2.75, 3.05) is 5.32 Å². The zero-order chi connectivity index (χ0) is 31.2. The highest BCUT2D eigenvalue weighted by molar-refractivity contribution is 7.89. The van der Waals surface area contributed by atoms with E-state index in [4.69, 9.17) is 26.2 Å². The summed E-state index contributed by atoms with van der Waals surface area (Å²) in [6.07, 6.45) is -3.52. The number of pyridine rings is 1. The number of aromatic nitrogens is 1. The first-order valence-electron chi connectivity index (χ1n) is 11.5. The highest BCUT2D eigenvalue weighted by atomic mass is 32.2. The second-order valence-corrected chi connectivity index (χ2v) is 9.94. The number of hydrogen-bond donors (Lipinski definition) is 5. The molecule has 4 aromatic rings. The van der Waals surface area contributed by atoms with Gasteiger partial charge >= 0.3 is 12.1 Å². The van der Waals surface area contributed by atoms with E-state index in [9.17, 15) is 30.8 Å². The van der Waals surface area contributed by atoms with Crippen LogP contribution in [0.5, 0.6) is 0 Å². The van der Waals surface area contributed by atoms with Crippen molar-refractivity contribution in [1.29, 1.82) is 5.41 Å². The van der Waals surface area contributed by atoms with Crippen LogP contribution in [0.2, 0.25) is 0 Å². The predicted molar refractivity (Wildman–Crippen MR) is 146 cm³/mol. The number of halogens is 4. The van der Waals surface area contributed by atoms with Crippen molar-refractivity contribution in [1.82, 2.24) is 4.98 Å². The summed E-state index contributed by atoms with van der Waals surface area (Å²) < 4.78 is 69.3. The molecule has 0 aliphatic rings. The number of amides is 1. The number of nitrogens with two attached hydrogens (primary N) is 2. The molecule has 0 radical (unpaired) electrons. The molecule has 15 heteroatoms. The number of rotatable bonds is 6. The number of alkyl halides is 3. The van der Waals surface area contributed by atoms with Gasteiger partial charge in [0.2, 0.25) is 10.0 Å². The van der Waals surface area contributed by atoms with Crippen molar-refractivity contribution in [2.45, 2.75) is 11.1 Å². The number of nitrogens with one attached hydrogen (secondary N) is 2. The maximum Gasteiger partial charge on any atom is 0.490 e. The number of carbonyl (C=O) groups excluding carboxylic acids is 1. The van der Waals surface area contributed by atoms with Crippen molar-refractivity contribution >= 4 is 33.4 Å². The Morgan fingerprint density at radius 3 is 2.14 bits per heavy atom. The van der Waals surface area contributed by atoms with E-state index in [1.165, 1.54) is 0 Å². The maximum atomic E-state index is 13.8. The van der Waals surface area contributed by atoms with Crippen LogP contribution in [0.4, 0.5) is 23.2 Å². The molecule has 0 aliphatic carbocycles. The van der Waals surface area contributed by atoms with Crippen molar-refractivity contribution < 1.29 is 40.7 Å². The molecule has 3 aromatic carbocycles. The Morgan fingerprint density at radius 2 is 1.57 bits per heavy atom. The Balaban J connectivity index is 0.000000616. The molecule has 218 valence electrons. The molecule has 0 bridgehead atoms. The highest BCUT2D eigenvalue weighted by Crippen LogP contribution is 2.29. The average Bonchev–Trinajstić information content (AvgIpc) is 2.92. The van der Waals surface area contributed by atoms with Crippen LogP contribution in [0.15, 0.2) is 90.0 Å². The molecule has 7 N–H and O–H groups in total. The van der Waals surface area contributed by atoms with Gasteiger partial charge in [-0.3, -0.25) is 15.2 Å². The molecule has 1 amide bonds. The zero-order valence-corrected chi connectivity index (χ0v) is 22.0. The molecule has 1 heterocycles. The van der Waals surface area contributed by atoms with Gasteiger partial charge in [0.1, 0.15) is 11.7 Å². The standard InChI is InChI=1S/C25H20FN5O3S.C2HF3O2/c26-18-8-11-22(35(29,33)34)21(14-18)15-6-9-19(10-7-15)31-25(32)20-5-2-12-30-23(20)16-3-1-4-17(13-16)24(27)28;3-2(4,5)1(6)7/h1-14H,(H3,27,28)(H,31,32)(H2,29,33,34);(H,6,7). The largest absolute Gasteiger partial charge is 0.490 e. The monoisotopic (exact) mass is 603 g/mol. The lowest BCUT2D eigenvalue weighted by molar-refractivity contribution is -0.192. The Bertz CT molecular complexity index is 1760. The Kier molecular flexibility index (Phi) is 9.39. The minimum Gasteiger partial charge on any atom is -0.475 e. The van der Waals surface area contributed by atoms with E-state index in [0.29, 0.717) is 33.6 Å². The van der Waals surface area contributed by atoms with Crippen LogP contribution in [-0.4, -0.2) is 42.4 Å². The van der Waals surface area contributed by atoms with Gasteiger partial charge in [0.05, 0.1) is 16.2 Å². The van der Waals surface area contributed by atoms with E-state index in [0.717, 1.165) is 18.2 Å². The number of carbonyl (C=O) groups is 2. The third kappa shape index (κ3) is 7.96. The Hall–Kier alpha value is -5.15. The van der Waals surface area contributed by atoms with Crippen LogP contribution in [-0.2, 0) is 14.8 Å². The van der Waals surface area contributed by atoms with E-state index in [1.54, 1.807) is 66.9 Å². The molecule has 0 aliphatic heterocycles. The molecule has 0 unspecified atom stereocenters. The minimum absolute atomic E-state index is 0.0993. The molecule has 1 aromatic heterocycles. The normalized spacial score (nSPS) is 11.2. The van der Waals surface area contributed by atoms with Gasteiger partial charge in [-0.25, -0.2) is 22.7 Å². The van der Waals surface area contributed by atoms with Crippen LogP contribution < -0.4 is 16.2 Å². The van der Waals surface area contributed by atoms with Gasteiger partial charge in [-0.1, -0.05) is 30.3 Å². The van der Waals surface area contributed by atoms with E-state index >= 15 is 0 Å². The molecule has 0 spiro atoms. The number of carboxylic acids is 1. The lowest BCUT2D eigenvalue weighted by Crippen LogP contribution is -2.21. The van der Waals surface area contributed by atoms with Crippen molar-refractivity contribution in [3.05, 3.63) is 102 Å². The summed E-state index contributed by atoms with van der Waals surface area (Å²) in [4.78, 5) is 26.1. The van der Waals surface area contributed by atoms with Crippen molar-refractivity contribution in [3.8, 4) is 22.4 Å². The molecule has 0 fully saturated rings. The van der Waals surface area contributed by atoms with Crippen molar-refractivity contribution in [2.24, 2.45) is 10.9 Å². The molecule has 0 atom stereocenters. The number of amidine groups is 1. The van der Waals surface area contributed by atoms with E-state index < -0.39 is 33.9 Å². The van der Waals surface area contributed by atoms with Crippen LogP contribution in [0, 0.1) is 11.2 Å². The van der Waals surface area contributed by atoms with Crippen LogP contribution in [0.3, 0.4) is 0 Å². The number of nitrogen functional groups attached to an aromatic ring is 1. The number of sulfonamides is 1. The first kappa shape index (κ1) is 31.4. The first-order chi connectivity index (χ1) is 19.6. The Labute approximate surface area is 236 Å². The van der Waals surface area contributed by atoms with Gasteiger partial charge in [-0.15, -0.1) is 0 Å². The predicted octanol–water partition coefficient (Wildman–Crippen LogP) is 4.37. The second kappa shape index (κ2) is 12.6. The van der Waals surface area contributed by atoms with Crippen LogP contribution >= 0.6 is 0 Å². The average molecular weight is 604 g/mol. The SMILES string of the molecule is N=C(N)c1cccc(-c2ncccc2C(=O)Nc2ccc(-c3cc(F)ccc3S(N)(=O)=O)cc2)c1.O=C(O)C(F)(F)F. The topological polar surface area (TPSA) is 189 Å². The molecule has 0 saturated heterocycles. The summed E-state index contributed by atoms with van der Waals surface area (Å²) >= 11 is 0. The van der Waals surface area contributed by atoms with Gasteiger partial charge in [-0.2, -0.15) is 13.2 Å². The molecule has 10 nitrogen and oxygen atoms in total. The number of hydrogen-bond acceptors (Lipinski definition) is 6. The number of benzene rings is 3. The molecular weight excluding hydrogens is 582 g/mol. The highest BCUT2D eigenvalue weighted by Gasteiger charge is 2.38. The van der Waals surface area contributed by atoms with Gasteiger partial charge in [0, 0.05) is 28.6 Å². The Morgan fingerprint density at radius 1 is 0.929 bits per heavy atom. The van der Waals surface area contributed by atoms with Crippen LogP contribution in [0.1, 0.15) is 15.9 Å². The van der Waals surface area contributed by atoms with E-state index in [-0.39, 0.29) is 16.3 Å². The lowest BCUT2D eigenvalue weighted by Gasteiger charge is -2.12. The zero-order valence-electron chi connectivity index (χ0n) is 21.2. The summed E-state index contributed by atoms with van der Waals surface area (Å²) in [5.41, 5.74) is 8.39. The number of carboxylic acid groups (broad SMARTS) is 1. The number of primary sulfonamides is 1. The van der Waals surface area contributed by atoms with Crippen LogP contribution in [0.25, 0.3) is 22.4 Å². The summed E-state index contributed by atoms with van der Waals surface area (Å²) in [5, 5.41) is 22.8. The fourth-order valence-corrected chi connectivity index (χ4v) is 4.30. The minimum atomic E-state index is -5.08. The van der Waals surface area contributed by atoms with E-state index in [2.05, 4.69) is 10.3 Å². The second-order valence-electron chi connectivity index (χ2n) is 8.41. The molecular formula is C27H21F4N5O5S. The number of anilines is 1. The number of nitrogens with zero attached hydrogens (tertiary/aromatic N) is 1. The van der Waals surface area contributed by atoms with Crippen molar-refractivity contribution in [3.63, 3.8) is 0 Å². The van der Waals surface area contributed by atoms with E-state index in [1.807, 2.05) is 0 Å². The third-order valence-corrected chi connectivity index (χ3v) is 6.41. The molecule has 0 saturated carbocycles. The summed E-state index contributed by atoms with van der Waals surface area (Å²) in [6, 6.07) is 19.6. The smallest absolute Gasteiger partial charge is 0.475 e. The maximum absolute atomic E-state index is 13.8. The summed E-state index contributed by atoms with van der Waals surface area (Å²) in [6.45, 7) is 0. The van der Waals surface area contributed by atoms with Gasteiger partial charge in [0.15, 0.2) is 0 Å². The van der Waals surface area contributed by atoms with Gasteiger partial charge < -0.3 is 16.2 Å². The van der Waals surface area contributed by atoms with Gasteiger partial charge in [0.25, 0.3) is 5.91 Å². The molecule has 4 rings (SSSR count). The fraction of sp³-hybridized carbons (Fsp3) is 0.0370.